The molecule has 3 aromatic heterocycles. The van der Waals surface area contributed by atoms with Crippen molar-refractivity contribution in [1.82, 2.24) is 19.5 Å². The number of nitrogens with zero attached hydrogens (tertiary/aromatic N) is 3. The Morgan fingerprint density at radius 1 is 1.11 bits per heavy atom. The van der Waals surface area contributed by atoms with Gasteiger partial charge in [0, 0.05) is 18.2 Å². The monoisotopic (exact) mass is 380 g/mol. The van der Waals surface area contributed by atoms with Crippen molar-refractivity contribution in [3.63, 3.8) is 0 Å². The van der Waals surface area contributed by atoms with Gasteiger partial charge in [-0.2, -0.15) is 0 Å². The first-order valence-corrected chi connectivity index (χ1v) is 8.93. The van der Waals surface area contributed by atoms with E-state index in [-0.39, 0.29) is 28.2 Å². The Bertz CT molecular complexity index is 1370. The number of aromatic amines is 1. The Kier molecular flexibility index (Phi) is 3.61. The van der Waals surface area contributed by atoms with E-state index in [0.29, 0.717) is 11.3 Å². The van der Waals surface area contributed by atoms with Gasteiger partial charge in [-0.05, 0) is 37.1 Å². The van der Waals surface area contributed by atoms with Crippen LogP contribution in [0.4, 0.5) is 8.78 Å². The van der Waals surface area contributed by atoms with Crippen LogP contribution in [0.2, 0.25) is 0 Å². The standard InChI is InChI=1S/C20H14F2N4O2/c21-12-7-6-11(9-13(12)22)26-19(10-3-1-4-10)25-18-15(20(26)28)17(27)16-14(24-18)5-2-8-23-16/h2,5-10H,1,3-4H2,(H,24,27). The summed E-state index contributed by atoms with van der Waals surface area (Å²) in [7, 11) is 0. The molecule has 0 unspecified atom stereocenters. The molecule has 1 N–H and O–H groups in total. The zero-order chi connectivity index (χ0) is 19.4. The Morgan fingerprint density at radius 2 is 1.93 bits per heavy atom. The van der Waals surface area contributed by atoms with E-state index in [4.69, 9.17) is 0 Å². The second-order valence-electron chi connectivity index (χ2n) is 6.91. The molecule has 0 radical (unpaired) electrons. The molecule has 0 spiro atoms. The molecule has 1 aliphatic rings. The molecule has 0 bridgehead atoms. The van der Waals surface area contributed by atoms with E-state index in [1.165, 1.54) is 16.8 Å². The van der Waals surface area contributed by atoms with Crippen LogP contribution in [-0.2, 0) is 0 Å². The fourth-order valence-corrected chi connectivity index (χ4v) is 3.58. The molecule has 1 aromatic carbocycles. The molecule has 6 nitrogen and oxygen atoms in total. The summed E-state index contributed by atoms with van der Waals surface area (Å²) in [6.45, 7) is 0. The predicted molar refractivity (Wildman–Crippen MR) is 99.8 cm³/mol. The zero-order valence-electron chi connectivity index (χ0n) is 14.6. The number of fused-ring (bicyclic) bond motifs is 2. The van der Waals surface area contributed by atoms with Gasteiger partial charge in [0.25, 0.3) is 5.56 Å². The number of hydrogen-bond acceptors (Lipinski definition) is 4. The first-order chi connectivity index (χ1) is 13.5. The fourth-order valence-electron chi connectivity index (χ4n) is 3.58. The maximum absolute atomic E-state index is 13.8. The first kappa shape index (κ1) is 16.7. The average molecular weight is 380 g/mol. The summed E-state index contributed by atoms with van der Waals surface area (Å²) in [6.07, 6.45) is 4.13. The molecule has 3 heterocycles. The number of hydrogen-bond donors (Lipinski definition) is 1. The summed E-state index contributed by atoms with van der Waals surface area (Å²) < 4.78 is 28.5. The van der Waals surface area contributed by atoms with Gasteiger partial charge in [-0.3, -0.25) is 19.1 Å². The normalized spacial score (nSPS) is 14.5. The summed E-state index contributed by atoms with van der Waals surface area (Å²) >= 11 is 0. The molecule has 5 rings (SSSR count). The Hall–Kier alpha value is -3.42. The van der Waals surface area contributed by atoms with Gasteiger partial charge in [-0.15, -0.1) is 0 Å². The van der Waals surface area contributed by atoms with Crippen LogP contribution >= 0.6 is 0 Å². The van der Waals surface area contributed by atoms with E-state index < -0.39 is 22.6 Å². The highest BCUT2D eigenvalue weighted by atomic mass is 19.2. The third kappa shape index (κ3) is 2.37. The average Bonchev–Trinajstić information content (AvgIpc) is 2.63. The third-order valence-corrected chi connectivity index (χ3v) is 5.24. The number of halogens is 2. The molecule has 1 aliphatic carbocycles. The van der Waals surface area contributed by atoms with Crippen molar-refractivity contribution in [2.24, 2.45) is 0 Å². The third-order valence-electron chi connectivity index (χ3n) is 5.24. The van der Waals surface area contributed by atoms with Crippen LogP contribution in [-0.4, -0.2) is 19.5 Å². The summed E-state index contributed by atoms with van der Waals surface area (Å²) in [5.74, 6) is -1.63. The van der Waals surface area contributed by atoms with E-state index in [1.807, 2.05) is 0 Å². The second-order valence-corrected chi connectivity index (χ2v) is 6.91. The van der Waals surface area contributed by atoms with Crippen molar-refractivity contribution in [3.8, 4) is 5.69 Å². The van der Waals surface area contributed by atoms with E-state index >= 15 is 0 Å². The summed E-state index contributed by atoms with van der Waals surface area (Å²) in [6, 6.07) is 6.58. The van der Waals surface area contributed by atoms with E-state index in [1.54, 1.807) is 12.1 Å². The molecule has 8 heteroatoms. The van der Waals surface area contributed by atoms with Crippen LogP contribution < -0.4 is 11.0 Å². The van der Waals surface area contributed by atoms with Gasteiger partial charge in [0.05, 0.1) is 11.2 Å². The first-order valence-electron chi connectivity index (χ1n) is 8.93. The largest absolute Gasteiger partial charge is 0.337 e. The highest BCUT2D eigenvalue weighted by Crippen LogP contribution is 2.36. The lowest BCUT2D eigenvalue weighted by molar-refractivity contribution is 0.394. The molecule has 140 valence electrons. The van der Waals surface area contributed by atoms with Crippen molar-refractivity contribution in [3.05, 3.63) is 74.6 Å². The number of benzene rings is 1. The molecule has 1 saturated carbocycles. The Morgan fingerprint density at radius 3 is 2.64 bits per heavy atom. The SMILES string of the molecule is O=c1c2ncccc2[nH]c2nc(C3CCC3)n(-c3ccc(F)c(F)c3)c(=O)c12. The maximum atomic E-state index is 13.8. The molecule has 28 heavy (non-hydrogen) atoms. The van der Waals surface area contributed by atoms with Crippen LogP contribution in [0.5, 0.6) is 0 Å². The molecule has 1 fully saturated rings. The van der Waals surface area contributed by atoms with Crippen molar-refractivity contribution in [2.75, 3.05) is 0 Å². The minimum atomic E-state index is -1.07. The molecule has 0 atom stereocenters. The lowest BCUT2D eigenvalue weighted by atomic mass is 9.84. The number of H-pyrrole nitrogens is 1. The Balaban J connectivity index is 1.92. The van der Waals surface area contributed by atoms with E-state index in [9.17, 15) is 18.4 Å². The summed E-state index contributed by atoms with van der Waals surface area (Å²) in [5.41, 5.74) is -0.235. The van der Waals surface area contributed by atoms with Gasteiger partial charge in [-0.1, -0.05) is 6.42 Å². The number of nitrogens with one attached hydrogen (secondary N) is 1. The van der Waals surface area contributed by atoms with Crippen molar-refractivity contribution < 1.29 is 8.78 Å². The maximum Gasteiger partial charge on any atom is 0.271 e. The highest BCUT2D eigenvalue weighted by Gasteiger charge is 2.27. The minimum Gasteiger partial charge on any atom is -0.337 e. The lowest BCUT2D eigenvalue weighted by Crippen LogP contribution is -2.31. The number of rotatable bonds is 2. The van der Waals surface area contributed by atoms with Crippen LogP contribution in [0.25, 0.3) is 27.8 Å². The molecule has 0 saturated heterocycles. The quantitative estimate of drug-likeness (QED) is 0.542. The summed E-state index contributed by atoms with van der Waals surface area (Å²) in [5, 5.41) is -0.154. The molecular formula is C20H14F2N4O2. The minimum absolute atomic E-state index is 0.0123. The van der Waals surface area contributed by atoms with Crippen LogP contribution in [0.15, 0.2) is 46.1 Å². The van der Waals surface area contributed by atoms with Gasteiger partial charge in [0.1, 0.15) is 22.4 Å². The predicted octanol–water partition coefficient (Wildman–Crippen LogP) is 3.17. The van der Waals surface area contributed by atoms with E-state index in [2.05, 4.69) is 15.0 Å². The Labute approximate surface area is 156 Å². The highest BCUT2D eigenvalue weighted by molar-refractivity contribution is 5.88. The number of aromatic nitrogens is 4. The van der Waals surface area contributed by atoms with Gasteiger partial charge < -0.3 is 4.98 Å². The van der Waals surface area contributed by atoms with Gasteiger partial charge in [0.15, 0.2) is 11.6 Å². The second kappa shape index (κ2) is 6.05. The topological polar surface area (TPSA) is 80.6 Å². The fraction of sp³-hybridized carbons (Fsp3) is 0.200. The van der Waals surface area contributed by atoms with Gasteiger partial charge in [0.2, 0.25) is 5.43 Å². The van der Waals surface area contributed by atoms with Crippen LogP contribution in [0.1, 0.15) is 31.0 Å². The van der Waals surface area contributed by atoms with Crippen molar-refractivity contribution in [1.29, 1.82) is 0 Å². The van der Waals surface area contributed by atoms with Crippen LogP contribution in [0.3, 0.4) is 0 Å². The molecule has 0 amide bonds. The van der Waals surface area contributed by atoms with Crippen molar-refractivity contribution >= 4 is 22.1 Å². The van der Waals surface area contributed by atoms with Gasteiger partial charge in [-0.25, -0.2) is 13.8 Å². The molecular weight excluding hydrogens is 366 g/mol. The van der Waals surface area contributed by atoms with Crippen molar-refractivity contribution in [2.45, 2.75) is 25.2 Å². The van der Waals surface area contributed by atoms with Gasteiger partial charge >= 0.3 is 0 Å². The molecule has 4 aromatic rings. The smallest absolute Gasteiger partial charge is 0.271 e. The molecule has 0 aliphatic heterocycles. The summed E-state index contributed by atoms with van der Waals surface area (Å²) in [4.78, 5) is 37.9. The van der Waals surface area contributed by atoms with E-state index in [0.717, 1.165) is 31.4 Å². The zero-order valence-corrected chi connectivity index (χ0v) is 14.6. The number of pyridine rings is 2. The van der Waals surface area contributed by atoms with Crippen LogP contribution in [0, 0.1) is 11.6 Å². The lowest BCUT2D eigenvalue weighted by Gasteiger charge is -2.27.